The van der Waals surface area contributed by atoms with Gasteiger partial charge in [0, 0.05) is 18.0 Å². The van der Waals surface area contributed by atoms with Crippen LogP contribution >= 0.6 is 11.6 Å². The van der Waals surface area contributed by atoms with Crippen molar-refractivity contribution in [2.45, 2.75) is 38.2 Å². The quantitative estimate of drug-likeness (QED) is 0.849. The van der Waals surface area contributed by atoms with Gasteiger partial charge < -0.3 is 9.64 Å². The number of hydrogen-bond acceptors (Lipinski definition) is 2. The lowest BCUT2D eigenvalue weighted by atomic mass is 10.0. The highest BCUT2D eigenvalue weighted by Crippen LogP contribution is 2.29. The molecule has 0 N–H and O–H groups in total. The van der Waals surface area contributed by atoms with Gasteiger partial charge in [-0.15, -0.1) is 0 Å². The Bertz CT molecular complexity index is 499. The molecule has 1 aliphatic heterocycles. The van der Waals surface area contributed by atoms with Crippen LogP contribution in [-0.2, 0) is 9.53 Å². The lowest BCUT2D eigenvalue weighted by Crippen LogP contribution is -2.42. The largest absolute Gasteiger partial charge is 0.370 e. The first-order valence-electron chi connectivity index (χ1n) is 7.87. The average molecular weight is 308 g/mol. The first kappa shape index (κ1) is 14.9. The molecular formula is C17H22ClNO2. The van der Waals surface area contributed by atoms with Gasteiger partial charge in [-0.3, -0.25) is 4.79 Å². The van der Waals surface area contributed by atoms with E-state index in [0.29, 0.717) is 37.1 Å². The normalized spacial score (nSPS) is 23.5. The zero-order chi connectivity index (χ0) is 14.7. The molecule has 0 bridgehead atoms. The Hall–Kier alpha value is -1.06. The van der Waals surface area contributed by atoms with E-state index in [1.165, 1.54) is 25.7 Å². The molecule has 3 nitrogen and oxygen atoms in total. The molecule has 1 heterocycles. The lowest BCUT2D eigenvalue weighted by Gasteiger charge is -2.34. The minimum atomic E-state index is -0.0509. The van der Waals surface area contributed by atoms with Crippen LogP contribution in [-0.4, -0.2) is 30.5 Å². The van der Waals surface area contributed by atoms with Crippen molar-refractivity contribution < 1.29 is 9.53 Å². The highest BCUT2D eigenvalue weighted by atomic mass is 35.5. The van der Waals surface area contributed by atoms with Crippen molar-refractivity contribution in [1.82, 2.24) is 4.90 Å². The van der Waals surface area contributed by atoms with Gasteiger partial charge >= 0.3 is 0 Å². The number of hydrogen-bond donors (Lipinski definition) is 0. The van der Waals surface area contributed by atoms with Gasteiger partial charge in [-0.1, -0.05) is 36.6 Å². The second-order valence-electron chi connectivity index (χ2n) is 6.11. The van der Waals surface area contributed by atoms with Crippen LogP contribution in [0.25, 0.3) is 0 Å². The SMILES string of the molecule is O=C(CC1CCCC1)N1CCOC(c2cccc(Cl)c2)C1. The van der Waals surface area contributed by atoms with Gasteiger partial charge in [0.05, 0.1) is 13.2 Å². The van der Waals surface area contributed by atoms with E-state index in [2.05, 4.69) is 0 Å². The molecule has 1 saturated heterocycles. The zero-order valence-electron chi connectivity index (χ0n) is 12.3. The molecule has 1 aromatic rings. The number of amides is 1. The van der Waals surface area contributed by atoms with Crippen LogP contribution in [0.15, 0.2) is 24.3 Å². The summed E-state index contributed by atoms with van der Waals surface area (Å²) in [6.07, 6.45) is 5.66. The summed E-state index contributed by atoms with van der Waals surface area (Å²) < 4.78 is 5.82. The number of nitrogens with zero attached hydrogens (tertiary/aromatic N) is 1. The molecule has 0 spiro atoms. The Balaban J connectivity index is 1.61. The third kappa shape index (κ3) is 3.78. The predicted octanol–water partition coefficient (Wildman–Crippen LogP) is 3.82. The van der Waals surface area contributed by atoms with E-state index in [9.17, 15) is 4.79 Å². The van der Waals surface area contributed by atoms with Crippen molar-refractivity contribution in [3.8, 4) is 0 Å². The van der Waals surface area contributed by atoms with Crippen molar-refractivity contribution in [2.24, 2.45) is 5.92 Å². The molecule has 1 aliphatic carbocycles. The predicted molar refractivity (Wildman–Crippen MR) is 83.3 cm³/mol. The van der Waals surface area contributed by atoms with Crippen LogP contribution in [0.2, 0.25) is 5.02 Å². The van der Waals surface area contributed by atoms with E-state index in [0.717, 1.165) is 5.56 Å². The lowest BCUT2D eigenvalue weighted by molar-refractivity contribution is -0.140. The minimum absolute atomic E-state index is 0.0509. The third-order valence-corrected chi connectivity index (χ3v) is 4.81. The molecule has 0 aromatic heterocycles. The Morgan fingerprint density at radius 3 is 2.90 bits per heavy atom. The van der Waals surface area contributed by atoms with Crippen LogP contribution in [0.1, 0.15) is 43.8 Å². The molecule has 1 amide bonds. The topological polar surface area (TPSA) is 29.5 Å². The van der Waals surface area contributed by atoms with E-state index < -0.39 is 0 Å². The van der Waals surface area contributed by atoms with Gasteiger partial charge in [-0.05, 0) is 36.5 Å². The smallest absolute Gasteiger partial charge is 0.223 e. The van der Waals surface area contributed by atoms with Gasteiger partial charge in [0.25, 0.3) is 0 Å². The van der Waals surface area contributed by atoms with Crippen molar-refractivity contribution in [2.75, 3.05) is 19.7 Å². The van der Waals surface area contributed by atoms with Crippen LogP contribution < -0.4 is 0 Å². The first-order chi connectivity index (χ1) is 10.2. The van der Waals surface area contributed by atoms with E-state index in [1.807, 2.05) is 29.2 Å². The molecule has 4 heteroatoms. The highest BCUT2D eigenvalue weighted by Gasteiger charge is 2.27. The van der Waals surface area contributed by atoms with E-state index >= 15 is 0 Å². The van der Waals surface area contributed by atoms with E-state index in [-0.39, 0.29) is 12.0 Å². The standard InChI is InChI=1S/C17H22ClNO2/c18-15-7-3-6-14(11-15)16-12-19(8-9-21-16)17(20)10-13-4-1-2-5-13/h3,6-7,11,13,16H,1-2,4-5,8-10,12H2. The summed E-state index contributed by atoms with van der Waals surface area (Å²) in [5.74, 6) is 0.891. The molecule has 1 saturated carbocycles. The molecule has 2 fully saturated rings. The van der Waals surface area contributed by atoms with Gasteiger partial charge in [0.15, 0.2) is 0 Å². The van der Waals surface area contributed by atoms with Gasteiger partial charge in [-0.25, -0.2) is 0 Å². The fraction of sp³-hybridized carbons (Fsp3) is 0.588. The van der Waals surface area contributed by atoms with Gasteiger partial charge in [0.1, 0.15) is 6.10 Å². The maximum absolute atomic E-state index is 12.4. The summed E-state index contributed by atoms with van der Waals surface area (Å²) in [4.78, 5) is 14.4. The number of carbonyl (C=O) groups excluding carboxylic acids is 1. The minimum Gasteiger partial charge on any atom is -0.370 e. The molecule has 3 rings (SSSR count). The Kier molecular flexibility index (Phi) is 4.81. The van der Waals surface area contributed by atoms with Crippen molar-refractivity contribution in [3.63, 3.8) is 0 Å². The molecule has 1 unspecified atom stereocenters. The second-order valence-corrected chi connectivity index (χ2v) is 6.55. The molecule has 1 aromatic carbocycles. The van der Waals surface area contributed by atoms with Gasteiger partial charge in [-0.2, -0.15) is 0 Å². The summed E-state index contributed by atoms with van der Waals surface area (Å²) in [5.41, 5.74) is 1.06. The molecule has 114 valence electrons. The highest BCUT2D eigenvalue weighted by molar-refractivity contribution is 6.30. The Labute approximate surface area is 131 Å². The number of rotatable bonds is 3. The van der Waals surface area contributed by atoms with Crippen molar-refractivity contribution in [1.29, 1.82) is 0 Å². The third-order valence-electron chi connectivity index (χ3n) is 4.58. The summed E-state index contributed by atoms with van der Waals surface area (Å²) in [6, 6.07) is 7.73. The zero-order valence-corrected chi connectivity index (χ0v) is 13.0. The Morgan fingerprint density at radius 1 is 1.33 bits per heavy atom. The molecule has 1 atom stereocenters. The fourth-order valence-corrected chi connectivity index (χ4v) is 3.57. The van der Waals surface area contributed by atoms with E-state index in [4.69, 9.17) is 16.3 Å². The number of carbonyl (C=O) groups is 1. The summed E-state index contributed by atoms with van der Waals surface area (Å²) in [7, 11) is 0. The van der Waals surface area contributed by atoms with Crippen LogP contribution in [0.4, 0.5) is 0 Å². The molecule has 21 heavy (non-hydrogen) atoms. The molecule has 0 radical (unpaired) electrons. The first-order valence-corrected chi connectivity index (χ1v) is 8.25. The van der Waals surface area contributed by atoms with Gasteiger partial charge in [0.2, 0.25) is 5.91 Å². The maximum atomic E-state index is 12.4. The maximum Gasteiger partial charge on any atom is 0.223 e. The second kappa shape index (κ2) is 6.80. The molecule has 2 aliphatic rings. The van der Waals surface area contributed by atoms with Crippen LogP contribution in [0.3, 0.4) is 0 Å². The van der Waals surface area contributed by atoms with Crippen LogP contribution in [0, 0.1) is 5.92 Å². The van der Waals surface area contributed by atoms with E-state index in [1.54, 1.807) is 0 Å². The summed E-state index contributed by atoms with van der Waals surface area (Å²) in [5, 5.41) is 0.713. The summed E-state index contributed by atoms with van der Waals surface area (Å²) >= 11 is 6.04. The summed E-state index contributed by atoms with van der Waals surface area (Å²) in [6.45, 7) is 1.96. The van der Waals surface area contributed by atoms with Crippen molar-refractivity contribution >= 4 is 17.5 Å². The number of ether oxygens (including phenoxy) is 1. The number of morpholine rings is 1. The monoisotopic (exact) mass is 307 g/mol. The number of benzene rings is 1. The average Bonchev–Trinajstić information content (AvgIpc) is 3.00. The van der Waals surface area contributed by atoms with Crippen molar-refractivity contribution in [3.05, 3.63) is 34.9 Å². The Morgan fingerprint density at radius 2 is 2.14 bits per heavy atom. The molecular weight excluding hydrogens is 286 g/mol. The number of halogens is 1. The van der Waals surface area contributed by atoms with Crippen LogP contribution in [0.5, 0.6) is 0 Å². The fourth-order valence-electron chi connectivity index (χ4n) is 3.37.